The van der Waals surface area contributed by atoms with Crippen LogP contribution < -0.4 is 5.32 Å². The number of carboxylic acids is 1. The molecule has 0 aromatic carbocycles. The topological polar surface area (TPSA) is 86.6 Å². The molecule has 0 aromatic heterocycles. The summed E-state index contributed by atoms with van der Waals surface area (Å²) in [4.78, 5) is 21.8. The molecule has 0 heterocycles. The molecule has 1 aliphatic rings. The first-order valence-corrected chi connectivity index (χ1v) is 4.76. The number of nitrogens with one attached hydrogen (secondary N) is 1. The Kier molecular flexibility index (Phi) is 2.91. The van der Waals surface area contributed by atoms with Crippen LogP contribution in [0.25, 0.3) is 0 Å². The highest BCUT2D eigenvalue weighted by molar-refractivity contribution is 5.91. The maximum atomic E-state index is 12.1. The van der Waals surface area contributed by atoms with Crippen LogP contribution in [0.3, 0.4) is 0 Å². The first-order valence-electron chi connectivity index (χ1n) is 4.76. The number of alkyl halides is 3. The van der Waals surface area contributed by atoms with Crippen LogP contribution in [0, 0.1) is 5.41 Å². The molecule has 98 valence electrons. The van der Waals surface area contributed by atoms with E-state index in [-0.39, 0.29) is 0 Å². The van der Waals surface area contributed by atoms with Crippen molar-refractivity contribution in [2.24, 2.45) is 5.41 Å². The van der Waals surface area contributed by atoms with Gasteiger partial charge in [0.1, 0.15) is 5.54 Å². The number of hydrogen-bond donors (Lipinski definition) is 3. The molecule has 1 fully saturated rings. The van der Waals surface area contributed by atoms with Crippen molar-refractivity contribution < 1.29 is 33.0 Å². The highest BCUT2D eigenvalue weighted by atomic mass is 19.4. The summed E-state index contributed by atoms with van der Waals surface area (Å²) in [6.45, 7) is 2.57. The summed E-state index contributed by atoms with van der Waals surface area (Å²) in [5.74, 6) is -3.91. The third-order valence-corrected chi connectivity index (χ3v) is 3.38. The Bertz CT molecular complexity index is 366. The number of aliphatic hydroxyl groups is 1. The standard InChI is InChI=1S/C9H12F3NO4/c1-7(2)4(14)3-8(7,6(16)17)13-5(15)9(10,11)12/h4,14H,3H2,1-2H3,(H,13,15)(H,16,17). The fourth-order valence-corrected chi connectivity index (χ4v) is 1.85. The first kappa shape index (κ1) is 13.8. The van der Waals surface area contributed by atoms with E-state index in [1.54, 1.807) is 0 Å². The van der Waals surface area contributed by atoms with Crippen LogP contribution in [0.4, 0.5) is 13.2 Å². The van der Waals surface area contributed by atoms with Gasteiger partial charge in [-0.25, -0.2) is 4.79 Å². The molecule has 1 saturated carbocycles. The van der Waals surface area contributed by atoms with Gasteiger partial charge in [0, 0.05) is 11.8 Å². The van der Waals surface area contributed by atoms with Crippen molar-refractivity contribution in [2.45, 2.75) is 38.1 Å². The van der Waals surface area contributed by atoms with Crippen LogP contribution in [0.5, 0.6) is 0 Å². The van der Waals surface area contributed by atoms with Crippen molar-refractivity contribution >= 4 is 11.9 Å². The van der Waals surface area contributed by atoms with Crippen LogP contribution in [-0.2, 0) is 9.59 Å². The molecular formula is C9H12F3NO4. The number of aliphatic hydroxyl groups excluding tert-OH is 1. The van der Waals surface area contributed by atoms with E-state index in [0.717, 1.165) is 0 Å². The second-order valence-corrected chi connectivity index (χ2v) is 4.60. The average molecular weight is 255 g/mol. The van der Waals surface area contributed by atoms with Gasteiger partial charge in [0.15, 0.2) is 0 Å². The first-order chi connectivity index (χ1) is 7.45. The molecule has 0 saturated heterocycles. The zero-order chi connectivity index (χ0) is 13.6. The van der Waals surface area contributed by atoms with Crippen molar-refractivity contribution in [3.63, 3.8) is 0 Å². The van der Waals surface area contributed by atoms with E-state index in [0.29, 0.717) is 0 Å². The van der Waals surface area contributed by atoms with Crippen LogP contribution in [-0.4, -0.2) is 39.9 Å². The minimum absolute atomic E-state index is 0.447. The molecule has 8 heteroatoms. The summed E-state index contributed by atoms with van der Waals surface area (Å²) in [7, 11) is 0. The lowest BCUT2D eigenvalue weighted by Crippen LogP contribution is -2.76. The summed E-state index contributed by atoms with van der Waals surface area (Å²) in [6, 6.07) is 0. The molecule has 1 amide bonds. The van der Waals surface area contributed by atoms with E-state index in [1.165, 1.54) is 19.2 Å². The van der Waals surface area contributed by atoms with Crippen molar-refractivity contribution in [1.29, 1.82) is 0 Å². The van der Waals surface area contributed by atoms with Gasteiger partial charge in [0.25, 0.3) is 0 Å². The molecule has 3 N–H and O–H groups in total. The van der Waals surface area contributed by atoms with Crippen LogP contribution in [0.15, 0.2) is 0 Å². The zero-order valence-electron chi connectivity index (χ0n) is 9.13. The molecule has 2 unspecified atom stereocenters. The lowest BCUT2D eigenvalue weighted by atomic mass is 9.54. The Morgan fingerprint density at radius 1 is 1.35 bits per heavy atom. The summed E-state index contributed by atoms with van der Waals surface area (Å²) in [5.41, 5.74) is -3.45. The highest BCUT2D eigenvalue weighted by Crippen LogP contribution is 2.50. The van der Waals surface area contributed by atoms with Gasteiger partial charge in [-0.3, -0.25) is 4.79 Å². The van der Waals surface area contributed by atoms with Gasteiger partial charge in [-0.15, -0.1) is 0 Å². The van der Waals surface area contributed by atoms with E-state index >= 15 is 0 Å². The normalized spacial score (nSPS) is 31.5. The monoisotopic (exact) mass is 255 g/mol. The number of rotatable bonds is 2. The van der Waals surface area contributed by atoms with Gasteiger partial charge in [-0.05, 0) is 0 Å². The number of hydrogen-bond acceptors (Lipinski definition) is 3. The molecule has 0 spiro atoms. The summed E-state index contributed by atoms with van der Waals surface area (Å²) in [6.07, 6.45) is -6.68. The van der Waals surface area contributed by atoms with E-state index in [4.69, 9.17) is 5.11 Å². The van der Waals surface area contributed by atoms with Crippen LogP contribution in [0.1, 0.15) is 20.3 Å². The zero-order valence-corrected chi connectivity index (χ0v) is 9.13. The maximum absolute atomic E-state index is 12.1. The van der Waals surface area contributed by atoms with E-state index in [9.17, 15) is 27.9 Å². The predicted molar refractivity (Wildman–Crippen MR) is 49.0 cm³/mol. The van der Waals surface area contributed by atoms with Crippen molar-refractivity contribution in [1.82, 2.24) is 5.32 Å². The number of carbonyl (C=O) groups is 2. The SMILES string of the molecule is CC1(C)C(O)CC1(NC(=O)C(F)(F)F)C(=O)O. The third kappa shape index (κ3) is 1.86. The molecule has 1 rings (SSSR count). The minimum Gasteiger partial charge on any atom is -0.479 e. The average Bonchev–Trinajstić information content (AvgIpc) is 2.14. The second kappa shape index (κ2) is 3.59. The molecular weight excluding hydrogens is 243 g/mol. The van der Waals surface area contributed by atoms with Crippen molar-refractivity contribution in [3.05, 3.63) is 0 Å². The number of aliphatic carboxylic acids is 1. The van der Waals surface area contributed by atoms with E-state index in [2.05, 4.69) is 0 Å². The Morgan fingerprint density at radius 3 is 2.06 bits per heavy atom. The summed E-state index contributed by atoms with van der Waals surface area (Å²) < 4.78 is 36.3. The van der Waals surface area contributed by atoms with Gasteiger partial charge in [-0.2, -0.15) is 13.2 Å². The Labute approximate surface area is 94.6 Å². The fourth-order valence-electron chi connectivity index (χ4n) is 1.85. The lowest BCUT2D eigenvalue weighted by Gasteiger charge is -2.56. The van der Waals surface area contributed by atoms with Gasteiger partial charge in [0.2, 0.25) is 0 Å². The third-order valence-electron chi connectivity index (χ3n) is 3.38. The quantitative estimate of drug-likeness (QED) is 0.661. The van der Waals surface area contributed by atoms with Crippen molar-refractivity contribution in [2.75, 3.05) is 0 Å². The maximum Gasteiger partial charge on any atom is 0.471 e. The largest absolute Gasteiger partial charge is 0.479 e. The Balaban J connectivity index is 2.99. The molecule has 0 aromatic rings. The number of halogens is 3. The van der Waals surface area contributed by atoms with E-state index in [1.807, 2.05) is 0 Å². The fraction of sp³-hybridized carbons (Fsp3) is 0.778. The summed E-state index contributed by atoms with van der Waals surface area (Å²) in [5, 5.41) is 19.8. The molecule has 0 aliphatic heterocycles. The van der Waals surface area contributed by atoms with Gasteiger partial charge >= 0.3 is 18.1 Å². The molecule has 17 heavy (non-hydrogen) atoms. The number of carbonyl (C=O) groups excluding carboxylic acids is 1. The molecule has 5 nitrogen and oxygen atoms in total. The Morgan fingerprint density at radius 2 is 1.82 bits per heavy atom. The smallest absolute Gasteiger partial charge is 0.471 e. The second-order valence-electron chi connectivity index (χ2n) is 4.60. The van der Waals surface area contributed by atoms with Crippen molar-refractivity contribution in [3.8, 4) is 0 Å². The highest BCUT2D eigenvalue weighted by Gasteiger charge is 2.66. The van der Waals surface area contributed by atoms with Crippen LogP contribution in [0.2, 0.25) is 0 Å². The number of amides is 1. The van der Waals surface area contributed by atoms with Crippen LogP contribution >= 0.6 is 0 Å². The van der Waals surface area contributed by atoms with Gasteiger partial charge in [0.05, 0.1) is 6.10 Å². The molecule has 0 bridgehead atoms. The molecule has 0 radical (unpaired) electrons. The van der Waals surface area contributed by atoms with Gasteiger partial charge < -0.3 is 15.5 Å². The minimum atomic E-state index is -5.15. The molecule has 1 aliphatic carbocycles. The summed E-state index contributed by atoms with van der Waals surface area (Å²) >= 11 is 0. The number of carboxylic acid groups (broad SMARTS) is 1. The van der Waals surface area contributed by atoms with Gasteiger partial charge in [-0.1, -0.05) is 13.8 Å². The predicted octanol–water partition coefficient (Wildman–Crippen LogP) is 0.279. The lowest BCUT2D eigenvalue weighted by molar-refractivity contribution is -0.198. The Hall–Kier alpha value is -1.31. The molecule has 2 atom stereocenters. The van der Waals surface area contributed by atoms with E-state index < -0.39 is 41.5 Å².